The number of thiophene rings is 1. The van der Waals surface area contributed by atoms with Crippen LogP contribution in [0.25, 0.3) is 11.3 Å². The third-order valence-electron chi connectivity index (χ3n) is 2.54. The molecular weight excluding hydrogens is 272 g/mol. The van der Waals surface area contributed by atoms with Gasteiger partial charge in [-0.1, -0.05) is 11.6 Å². The number of ether oxygens (including phenoxy) is 1. The molecule has 0 atom stereocenters. The van der Waals surface area contributed by atoms with Gasteiger partial charge in [-0.25, -0.2) is 4.79 Å². The molecule has 0 aromatic carbocycles. The van der Waals surface area contributed by atoms with E-state index in [4.69, 9.17) is 16.3 Å². The van der Waals surface area contributed by atoms with Gasteiger partial charge in [-0.15, -0.1) is 11.3 Å². The van der Waals surface area contributed by atoms with Crippen molar-refractivity contribution in [3.8, 4) is 11.3 Å². The number of hydrogen-bond donors (Lipinski definition) is 0. The normalized spacial score (nSPS) is 10.7. The third kappa shape index (κ3) is 2.28. The summed E-state index contributed by atoms with van der Waals surface area (Å²) in [7, 11) is 1.85. The van der Waals surface area contributed by atoms with Gasteiger partial charge in [-0.3, -0.25) is 4.68 Å². The number of aromatic nitrogens is 2. The quantitative estimate of drug-likeness (QED) is 0.813. The number of hydrogen-bond acceptors (Lipinski definition) is 4. The molecule has 0 aliphatic heterocycles. The van der Waals surface area contributed by atoms with Gasteiger partial charge < -0.3 is 4.74 Å². The molecule has 96 valence electrons. The maximum absolute atomic E-state index is 11.7. The number of nitrogens with zero attached hydrogens (tertiary/aromatic N) is 2. The Morgan fingerprint density at radius 1 is 1.61 bits per heavy atom. The Balaban J connectivity index is 2.44. The van der Waals surface area contributed by atoms with Gasteiger partial charge in [0.15, 0.2) is 0 Å². The van der Waals surface area contributed by atoms with E-state index in [1.807, 2.05) is 14.0 Å². The molecule has 0 bridgehead atoms. The van der Waals surface area contributed by atoms with Crippen molar-refractivity contribution in [3.63, 3.8) is 0 Å². The number of carbonyl (C=O) groups excluding carboxylic acids is 1. The van der Waals surface area contributed by atoms with E-state index in [1.165, 1.54) is 11.3 Å². The van der Waals surface area contributed by atoms with Crippen molar-refractivity contribution in [3.05, 3.63) is 27.0 Å². The summed E-state index contributed by atoms with van der Waals surface area (Å²) in [6.07, 6.45) is 1.77. The fourth-order valence-electron chi connectivity index (χ4n) is 1.77. The van der Waals surface area contributed by atoms with Crippen LogP contribution in [0.15, 0.2) is 12.3 Å². The van der Waals surface area contributed by atoms with Crippen LogP contribution in [0.1, 0.15) is 22.2 Å². The number of rotatable bonds is 3. The molecule has 0 fully saturated rings. The molecule has 0 radical (unpaired) electrons. The first kappa shape index (κ1) is 13.1. The first-order valence-corrected chi connectivity index (χ1v) is 6.69. The van der Waals surface area contributed by atoms with Gasteiger partial charge in [0.1, 0.15) is 9.21 Å². The average molecular weight is 285 g/mol. The molecule has 0 saturated carbocycles. The van der Waals surface area contributed by atoms with Gasteiger partial charge >= 0.3 is 5.97 Å². The van der Waals surface area contributed by atoms with Gasteiger partial charge in [0.05, 0.1) is 18.5 Å². The van der Waals surface area contributed by atoms with Crippen molar-refractivity contribution < 1.29 is 9.53 Å². The Bertz CT molecular complexity index is 569. The number of aryl methyl sites for hydroxylation is 2. The van der Waals surface area contributed by atoms with E-state index >= 15 is 0 Å². The van der Waals surface area contributed by atoms with E-state index in [0.717, 1.165) is 16.8 Å². The van der Waals surface area contributed by atoms with Crippen LogP contribution in [0.3, 0.4) is 0 Å². The topological polar surface area (TPSA) is 44.1 Å². The molecule has 0 aliphatic rings. The van der Waals surface area contributed by atoms with Crippen LogP contribution >= 0.6 is 22.9 Å². The molecule has 4 nitrogen and oxygen atoms in total. The highest BCUT2D eigenvalue weighted by Gasteiger charge is 2.18. The zero-order valence-corrected chi connectivity index (χ0v) is 11.9. The van der Waals surface area contributed by atoms with Gasteiger partial charge in [0.25, 0.3) is 0 Å². The molecular formula is C12H13ClN2O2S. The monoisotopic (exact) mass is 284 g/mol. The molecule has 0 spiro atoms. The Labute approximate surface area is 114 Å². The van der Waals surface area contributed by atoms with Gasteiger partial charge in [0, 0.05) is 12.6 Å². The Morgan fingerprint density at radius 2 is 2.33 bits per heavy atom. The molecule has 0 unspecified atom stereocenters. The minimum absolute atomic E-state index is 0.338. The second-order valence-electron chi connectivity index (χ2n) is 3.82. The summed E-state index contributed by atoms with van der Waals surface area (Å²) in [5, 5.41) is 4.17. The fraction of sp³-hybridized carbons (Fsp3) is 0.333. The molecule has 0 saturated heterocycles. The lowest BCUT2D eigenvalue weighted by Crippen LogP contribution is -2.01. The summed E-state index contributed by atoms with van der Waals surface area (Å²) in [6, 6.07) is 1.76. The van der Waals surface area contributed by atoms with Crippen LogP contribution in [-0.4, -0.2) is 22.4 Å². The zero-order valence-electron chi connectivity index (χ0n) is 10.4. The van der Waals surface area contributed by atoms with Gasteiger partial charge in [-0.2, -0.15) is 5.10 Å². The summed E-state index contributed by atoms with van der Waals surface area (Å²) < 4.78 is 7.29. The summed E-state index contributed by atoms with van der Waals surface area (Å²) in [4.78, 5) is 12.2. The largest absolute Gasteiger partial charge is 0.462 e. The highest BCUT2D eigenvalue weighted by atomic mass is 35.5. The predicted octanol–water partition coefficient (Wildman–Crippen LogP) is 3.29. The van der Waals surface area contributed by atoms with E-state index in [1.54, 1.807) is 23.9 Å². The standard InChI is InChI=1S/C12H13ClN2O2S/c1-4-17-12(16)9-5-8(11(13)18-9)10-7(2)6-14-15(10)3/h5-6H,4H2,1-3H3. The fourth-order valence-corrected chi connectivity index (χ4v) is 2.94. The van der Waals surface area contributed by atoms with E-state index in [-0.39, 0.29) is 5.97 Å². The summed E-state index contributed by atoms with van der Waals surface area (Å²) in [6.45, 7) is 4.09. The lowest BCUT2D eigenvalue weighted by atomic mass is 10.1. The molecule has 6 heteroatoms. The molecule has 0 N–H and O–H groups in total. The van der Waals surface area contributed by atoms with Crippen LogP contribution in [0.4, 0.5) is 0 Å². The summed E-state index contributed by atoms with van der Waals surface area (Å²) >= 11 is 7.42. The van der Waals surface area contributed by atoms with Crippen LogP contribution in [-0.2, 0) is 11.8 Å². The minimum atomic E-state index is -0.338. The zero-order chi connectivity index (χ0) is 13.3. The smallest absolute Gasteiger partial charge is 0.348 e. The highest BCUT2D eigenvalue weighted by molar-refractivity contribution is 7.18. The third-order valence-corrected chi connectivity index (χ3v) is 3.88. The van der Waals surface area contributed by atoms with Crippen molar-refractivity contribution in [1.29, 1.82) is 0 Å². The summed E-state index contributed by atoms with van der Waals surface area (Å²) in [5.41, 5.74) is 2.77. The van der Waals surface area contributed by atoms with Crippen LogP contribution in [0.5, 0.6) is 0 Å². The molecule has 0 aliphatic carbocycles. The summed E-state index contributed by atoms with van der Waals surface area (Å²) in [5.74, 6) is -0.338. The molecule has 18 heavy (non-hydrogen) atoms. The lowest BCUT2D eigenvalue weighted by Gasteiger charge is -2.01. The SMILES string of the molecule is CCOC(=O)c1cc(-c2c(C)cnn2C)c(Cl)s1. The van der Waals surface area contributed by atoms with Gasteiger partial charge in [-0.05, 0) is 25.5 Å². The van der Waals surface area contributed by atoms with Crippen molar-refractivity contribution in [1.82, 2.24) is 9.78 Å². The van der Waals surface area contributed by atoms with E-state index < -0.39 is 0 Å². The Hall–Kier alpha value is -1.33. The maximum Gasteiger partial charge on any atom is 0.348 e. The van der Waals surface area contributed by atoms with Crippen molar-refractivity contribution in [2.75, 3.05) is 6.61 Å². The molecule has 2 aromatic heterocycles. The van der Waals surface area contributed by atoms with E-state index in [2.05, 4.69) is 5.10 Å². The van der Waals surface area contributed by atoms with E-state index in [0.29, 0.717) is 15.8 Å². The second kappa shape index (κ2) is 5.12. The first-order chi connectivity index (χ1) is 8.54. The Kier molecular flexibility index (Phi) is 3.73. The van der Waals surface area contributed by atoms with Crippen LogP contribution in [0.2, 0.25) is 4.34 Å². The highest BCUT2D eigenvalue weighted by Crippen LogP contribution is 2.37. The molecule has 2 rings (SSSR count). The average Bonchev–Trinajstić information content (AvgIpc) is 2.83. The van der Waals surface area contributed by atoms with Gasteiger partial charge in [0.2, 0.25) is 0 Å². The van der Waals surface area contributed by atoms with Crippen molar-refractivity contribution in [2.24, 2.45) is 7.05 Å². The lowest BCUT2D eigenvalue weighted by molar-refractivity contribution is 0.0532. The first-order valence-electron chi connectivity index (χ1n) is 5.50. The van der Waals surface area contributed by atoms with Crippen LogP contribution < -0.4 is 0 Å². The molecule has 2 heterocycles. The number of esters is 1. The number of carbonyl (C=O) groups is 1. The molecule has 0 amide bonds. The van der Waals surface area contributed by atoms with E-state index in [9.17, 15) is 4.79 Å². The maximum atomic E-state index is 11.7. The minimum Gasteiger partial charge on any atom is -0.462 e. The van der Waals surface area contributed by atoms with Crippen LogP contribution in [0, 0.1) is 6.92 Å². The molecule has 2 aromatic rings. The Morgan fingerprint density at radius 3 is 2.89 bits per heavy atom. The van der Waals surface area contributed by atoms with Crippen molar-refractivity contribution in [2.45, 2.75) is 13.8 Å². The number of halogens is 1. The van der Waals surface area contributed by atoms with Crippen molar-refractivity contribution >= 4 is 28.9 Å². The predicted molar refractivity (Wildman–Crippen MR) is 72.2 cm³/mol. The second-order valence-corrected chi connectivity index (χ2v) is 5.47.